The fourth-order valence-corrected chi connectivity index (χ4v) is 2.71. The molecule has 1 aliphatic rings. The van der Waals surface area contributed by atoms with Crippen LogP contribution in [0, 0.1) is 11.6 Å². The van der Waals surface area contributed by atoms with Gasteiger partial charge in [-0.3, -0.25) is 4.79 Å². The van der Waals surface area contributed by atoms with Crippen LogP contribution in [0.15, 0.2) is 34.8 Å². The second kappa shape index (κ2) is 5.66. The molecule has 1 heterocycles. The van der Waals surface area contributed by atoms with Gasteiger partial charge in [0.25, 0.3) is 0 Å². The highest BCUT2D eigenvalue weighted by Gasteiger charge is 2.19. The number of benzene rings is 2. The van der Waals surface area contributed by atoms with E-state index in [0.717, 1.165) is 17.2 Å². The zero-order chi connectivity index (χ0) is 15.0. The van der Waals surface area contributed by atoms with Gasteiger partial charge >= 0.3 is 0 Å². The molecule has 0 aromatic heterocycles. The van der Waals surface area contributed by atoms with Gasteiger partial charge in [0, 0.05) is 17.5 Å². The molecule has 0 aliphatic carbocycles. The maximum absolute atomic E-state index is 13.9. The second-order valence-electron chi connectivity index (χ2n) is 4.90. The van der Waals surface area contributed by atoms with Crippen molar-refractivity contribution >= 4 is 21.7 Å². The summed E-state index contributed by atoms with van der Waals surface area (Å²) in [6, 6.07) is 7.66. The molecule has 0 radical (unpaired) electrons. The van der Waals surface area contributed by atoms with E-state index in [1.54, 1.807) is 12.1 Å². The Kier molecular flexibility index (Phi) is 3.87. The number of carbonyl (C=O) groups is 1. The van der Waals surface area contributed by atoms with Crippen LogP contribution < -0.4 is 0 Å². The van der Waals surface area contributed by atoms with Crippen LogP contribution in [0.4, 0.5) is 8.78 Å². The molecule has 0 saturated carbocycles. The van der Waals surface area contributed by atoms with Crippen LogP contribution >= 0.6 is 15.9 Å². The molecule has 2 aromatic rings. The third-order valence-corrected chi connectivity index (χ3v) is 4.13. The summed E-state index contributed by atoms with van der Waals surface area (Å²) < 4.78 is 33.0. The number of Topliss-reactive ketones (excluding diaryl/α,β-unsaturated/α-hetero) is 1. The first-order chi connectivity index (χ1) is 10.1. The van der Waals surface area contributed by atoms with Crippen molar-refractivity contribution in [1.82, 2.24) is 0 Å². The highest BCUT2D eigenvalue weighted by atomic mass is 79.9. The Bertz CT molecular complexity index is 728. The van der Waals surface area contributed by atoms with Gasteiger partial charge in [0.15, 0.2) is 5.78 Å². The van der Waals surface area contributed by atoms with Gasteiger partial charge in [0.2, 0.25) is 0 Å². The summed E-state index contributed by atoms with van der Waals surface area (Å²) in [6.45, 7) is 1.01. The van der Waals surface area contributed by atoms with Gasteiger partial charge in [-0.2, -0.15) is 0 Å². The maximum Gasteiger partial charge on any atom is 0.167 e. The smallest absolute Gasteiger partial charge is 0.167 e. The lowest BCUT2D eigenvalue weighted by atomic mass is 9.99. The van der Waals surface area contributed by atoms with Crippen LogP contribution in [0.2, 0.25) is 0 Å². The first-order valence-electron chi connectivity index (χ1n) is 6.41. The third kappa shape index (κ3) is 2.76. The average molecular weight is 353 g/mol. The van der Waals surface area contributed by atoms with Gasteiger partial charge in [0.1, 0.15) is 11.6 Å². The molecule has 0 unspecified atom stereocenters. The molecule has 0 N–H and O–H groups in total. The summed E-state index contributed by atoms with van der Waals surface area (Å²) in [6.07, 6.45) is -0.309. The van der Waals surface area contributed by atoms with Gasteiger partial charge in [-0.25, -0.2) is 8.78 Å². The third-order valence-electron chi connectivity index (χ3n) is 3.52. The SMILES string of the molecule is O=C(Cc1c(F)ccc(Br)c1F)c1ccc2c(c1)COC2. The maximum atomic E-state index is 13.9. The Morgan fingerprint density at radius 2 is 1.90 bits per heavy atom. The van der Waals surface area contributed by atoms with Gasteiger partial charge in [-0.15, -0.1) is 0 Å². The number of hydrogen-bond donors (Lipinski definition) is 0. The van der Waals surface area contributed by atoms with Crippen molar-refractivity contribution in [3.63, 3.8) is 0 Å². The minimum absolute atomic E-state index is 0.147. The second-order valence-corrected chi connectivity index (χ2v) is 5.75. The van der Waals surface area contributed by atoms with Gasteiger partial charge in [-0.05, 0) is 45.3 Å². The summed E-state index contributed by atoms with van der Waals surface area (Å²) in [5, 5.41) is 0. The lowest BCUT2D eigenvalue weighted by Gasteiger charge is -2.07. The average Bonchev–Trinajstić information content (AvgIpc) is 2.94. The number of halogens is 3. The zero-order valence-electron chi connectivity index (χ0n) is 11.0. The Labute approximate surface area is 128 Å². The number of fused-ring (bicyclic) bond motifs is 1. The molecule has 1 aliphatic heterocycles. The molecule has 2 nitrogen and oxygen atoms in total. The van der Waals surface area contributed by atoms with Crippen molar-refractivity contribution < 1.29 is 18.3 Å². The predicted molar refractivity (Wildman–Crippen MR) is 77.0 cm³/mol. The molecule has 0 amide bonds. The molecule has 0 atom stereocenters. The largest absolute Gasteiger partial charge is 0.372 e. The first-order valence-corrected chi connectivity index (χ1v) is 7.20. The summed E-state index contributed by atoms with van der Waals surface area (Å²) >= 11 is 3.00. The molecular formula is C16H11BrF2O2. The highest BCUT2D eigenvalue weighted by molar-refractivity contribution is 9.10. The van der Waals surface area contributed by atoms with Crippen molar-refractivity contribution in [3.8, 4) is 0 Å². The van der Waals surface area contributed by atoms with Crippen LogP contribution in [-0.4, -0.2) is 5.78 Å². The lowest BCUT2D eigenvalue weighted by molar-refractivity contribution is 0.0990. The van der Waals surface area contributed by atoms with Gasteiger partial charge in [-0.1, -0.05) is 12.1 Å². The van der Waals surface area contributed by atoms with Gasteiger partial charge < -0.3 is 4.74 Å². The fourth-order valence-electron chi connectivity index (χ4n) is 2.34. The molecular weight excluding hydrogens is 342 g/mol. The number of rotatable bonds is 3. The van der Waals surface area contributed by atoms with Crippen molar-refractivity contribution in [2.75, 3.05) is 0 Å². The molecule has 0 spiro atoms. The quantitative estimate of drug-likeness (QED) is 0.611. The summed E-state index contributed by atoms with van der Waals surface area (Å²) in [5.74, 6) is -1.76. The molecule has 0 fully saturated rings. The fraction of sp³-hybridized carbons (Fsp3) is 0.188. The van der Waals surface area contributed by atoms with E-state index in [4.69, 9.17) is 4.74 Å². The van der Waals surface area contributed by atoms with Crippen molar-refractivity contribution in [1.29, 1.82) is 0 Å². The van der Waals surface area contributed by atoms with Gasteiger partial charge in [0.05, 0.1) is 17.7 Å². The Morgan fingerprint density at radius 1 is 1.14 bits per heavy atom. The van der Waals surface area contributed by atoms with Crippen molar-refractivity contribution in [2.45, 2.75) is 19.6 Å². The van der Waals surface area contributed by atoms with E-state index in [0.29, 0.717) is 18.8 Å². The summed E-state index contributed by atoms with van der Waals surface area (Å²) in [4.78, 5) is 12.2. The Hall–Kier alpha value is -1.59. The minimum atomic E-state index is -0.729. The standard InChI is InChI=1S/C16H11BrF2O2/c17-13-3-4-14(18)12(16(13)19)6-15(20)9-1-2-10-7-21-8-11(10)5-9/h1-5H,6-8H2. The Balaban J connectivity index is 1.89. The predicted octanol–water partition coefficient (Wildman–Crippen LogP) is 4.18. The molecule has 3 rings (SSSR count). The molecule has 5 heteroatoms. The Morgan fingerprint density at radius 3 is 2.71 bits per heavy atom. The number of carbonyl (C=O) groups excluding carboxylic acids is 1. The van der Waals surface area contributed by atoms with Crippen LogP contribution in [-0.2, 0) is 24.4 Å². The van der Waals surface area contributed by atoms with E-state index >= 15 is 0 Å². The highest BCUT2D eigenvalue weighted by Crippen LogP contribution is 2.25. The molecule has 0 bridgehead atoms. The van der Waals surface area contributed by atoms with E-state index < -0.39 is 11.6 Å². The molecule has 2 aromatic carbocycles. The first kappa shape index (κ1) is 14.4. The normalized spacial score (nSPS) is 13.3. The van der Waals surface area contributed by atoms with Crippen LogP contribution in [0.3, 0.4) is 0 Å². The molecule has 108 valence electrons. The number of ketones is 1. The summed E-state index contributed by atoms with van der Waals surface area (Å²) in [5.41, 5.74) is 2.23. The van der Waals surface area contributed by atoms with E-state index in [-0.39, 0.29) is 22.2 Å². The van der Waals surface area contributed by atoms with E-state index in [9.17, 15) is 13.6 Å². The van der Waals surface area contributed by atoms with E-state index in [1.807, 2.05) is 6.07 Å². The summed E-state index contributed by atoms with van der Waals surface area (Å²) in [7, 11) is 0. The van der Waals surface area contributed by atoms with Crippen LogP contribution in [0.5, 0.6) is 0 Å². The zero-order valence-corrected chi connectivity index (χ0v) is 12.5. The van der Waals surface area contributed by atoms with Crippen LogP contribution in [0.1, 0.15) is 27.0 Å². The number of ether oxygens (including phenoxy) is 1. The minimum Gasteiger partial charge on any atom is -0.372 e. The topological polar surface area (TPSA) is 26.3 Å². The van der Waals surface area contributed by atoms with Crippen LogP contribution in [0.25, 0.3) is 0 Å². The van der Waals surface area contributed by atoms with E-state index in [1.165, 1.54) is 6.07 Å². The monoisotopic (exact) mass is 352 g/mol. The lowest BCUT2D eigenvalue weighted by Crippen LogP contribution is -2.08. The molecule has 21 heavy (non-hydrogen) atoms. The molecule has 0 saturated heterocycles. The van der Waals surface area contributed by atoms with Crippen molar-refractivity contribution in [3.05, 3.63) is 68.7 Å². The number of hydrogen-bond acceptors (Lipinski definition) is 2. The van der Waals surface area contributed by atoms with E-state index in [2.05, 4.69) is 15.9 Å². The van der Waals surface area contributed by atoms with Crippen molar-refractivity contribution in [2.24, 2.45) is 0 Å².